The number of likely N-dealkylation sites (N-methyl/N-ethyl adjacent to an activating group) is 1. The summed E-state index contributed by atoms with van der Waals surface area (Å²) in [6, 6.07) is 2.76. The molecular formula is C14H18ClFN2O2. The van der Waals surface area contributed by atoms with E-state index in [9.17, 15) is 9.18 Å². The van der Waals surface area contributed by atoms with Gasteiger partial charge in [-0.15, -0.1) is 0 Å². The van der Waals surface area contributed by atoms with Gasteiger partial charge in [-0.2, -0.15) is 0 Å². The molecule has 1 fully saturated rings. The Hall–Kier alpha value is -1.17. The summed E-state index contributed by atoms with van der Waals surface area (Å²) >= 11 is 6.03. The molecule has 1 aliphatic rings. The molecule has 0 spiro atoms. The Morgan fingerprint density at radius 2 is 2.35 bits per heavy atom. The van der Waals surface area contributed by atoms with E-state index in [1.54, 1.807) is 14.0 Å². The van der Waals surface area contributed by atoms with E-state index >= 15 is 0 Å². The van der Waals surface area contributed by atoms with Crippen LogP contribution in [-0.2, 0) is 4.74 Å². The molecule has 1 heterocycles. The lowest BCUT2D eigenvalue weighted by atomic mass is 10.1. The van der Waals surface area contributed by atoms with Gasteiger partial charge in [-0.25, -0.2) is 4.39 Å². The molecule has 1 unspecified atom stereocenters. The van der Waals surface area contributed by atoms with Crippen molar-refractivity contribution < 1.29 is 13.9 Å². The van der Waals surface area contributed by atoms with Crippen molar-refractivity contribution in [2.24, 2.45) is 0 Å². The fourth-order valence-electron chi connectivity index (χ4n) is 2.17. The SMILES string of the molecule is Cc1cc(Cl)c(C(=O)N(C)CC2COCCN2)cc1F. The molecule has 1 aromatic rings. The predicted octanol–water partition coefficient (Wildman–Crippen LogP) is 1.85. The Balaban J connectivity index is 2.08. The van der Waals surface area contributed by atoms with Gasteiger partial charge in [0.1, 0.15) is 5.82 Å². The molecule has 6 heteroatoms. The van der Waals surface area contributed by atoms with E-state index in [4.69, 9.17) is 16.3 Å². The number of hydrogen-bond donors (Lipinski definition) is 1. The molecule has 1 saturated heterocycles. The lowest BCUT2D eigenvalue weighted by molar-refractivity contribution is 0.0565. The smallest absolute Gasteiger partial charge is 0.255 e. The van der Waals surface area contributed by atoms with Crippen molar-refractivity contribution in [1.29, 1.82) is 0 Å². The molecule has 0 aromatic heterocycles. The fourth-order valence-corrected chi connectivity index (χ4v) is 2.47. The van der Waals surface area contributed by atoms with Crippen molar-refractivity contribution in [2.45, 2.75) is 13.0 Å². The van der Waals surface area contributed by atoms with Crippen molar-refractivity contribution in [3.05, 3.63) is 34.1 Å². The predicted molar refractivity (Wildman–Crippen MR) is 75.7 cm³/mol. The number of hydrogen-bond acceptors (Lipinski definition) is 3. The molecule has 1 aliphatic heterocycles. The molecule has 0 aliphatic carbocycles. The second kappa shape index (κ2) is 6.52. The van der Waals surface area contributed by atoms with Crippen molar-refractivity contribution in [1.82, 2.24) is 10.2 Å². The summed E-state index contributed by atoms with van der Waals surface area (Å²) in [6.07, 6.45) is 0. The fraction of sp³-hybridized carbons (Fsp3) is 0.500. The summed E-state index contributed by atoms with van der Waals surface area (Å²) in [5.41, 5.74) is 0.616. The van der Waals surface area contributed by atoms with E-state index in [1.807, 2.05) is 0 Å². The average Bonchev–Trinajstić information content (AvgIpc) is 2.43. The Morgan fingerprint density at radius 3 is 3.00 bits per heavy atom. The number of carbonyl (C=O) groups is 1. The van der Waals surface area contributed by atoms with Gasteiger partial charge in [-0.1, -0.05) is 11.6 Å². The van der Waals surface area contributed by atoms with E-state index < -0.39 is 5.82 Å². The molecule has 1 amide bonds. The summed E-state index contributed by atoms with van der Waals surface area (Å²) in [5.74, 6) is -0.716. The van der Waals surface area contributed by atoms with Crippen LogP contribution in [0.2, 0.25) is 5.02 Å². The standard InChI is InChI=1S/C14H18ClFN2O2/c1-9-5-12(15)11(6-13(9)16)14(19)18(2)7-10-8-20-4-3-17-10/h5-6,10,17H,3-4,7-8H2,1-2H3. The quantitative estimate of drug-likeness (QED) is 0.926. The molecule has 1 aromatic carbocycles. The second-order valence-electron chi connectivity index (χ2n) is 4.99. The summed E-state index contributed by atoms with van der Waals surface area (Å²) in [5, 5.41) is 3.54. The maximum atomic E-state index is 13.6. The van der Waals surface area contributed by atoms with Crippen molar-refractivity contribution >= 4 is 17.5 Å². The van der Waals surface area contributed by atoms with Gasteiger partial charge in [0, 0.05) is 26.2 Å². The van der Waals surface area contributed by atoms with E-state index in [0.29, 0.717) is 25.3 Å². The summed E-state index contributed by atoms with van der Waals surface area (Å²) in [6.45, 7) is 4.12. The molecular weight excluding hydrogens is 283 g/mol. The lowest BCUT2D eigenvalue weighted by Crippen LogP contribution is -2.48. The summed E-state index contributed by atoms with van der Waals surface area (Å²) in [4.78, 5) is 13.8. The Labute approximate surface area is 122 Å². The Bertz CT molecular complexity index is 504. The Morgan fingerprint density at radius 1 is 1.60 bits per heavy atom. The summed E-state index contributed by atoms with van der Waals surface area (Å²) in [7, 11) is 1.67. The Kier molecular flexibility index (Phi) is 4.96. The van der Waals surface area contributed by atoms with Gasteiger partial charge in [-0.05, 0) is 24.6 Å². The number of amides is 1. The van der Waals surface area contributed by atoms with Crippen LogP contribution >= 0.6 is 11.6 Å². The number of morpholine rings is 1. The highest BCUT2D eigenvalue weighted by atomic mass is 35.5. The van der Waals surface area contributed by atoms with Crippen molar-refractivity contribution in [2.75, 3.05) is 33.4 Å². The van der Waals surface area contributed by atoms with Crippen LogP contribution in [0.15, 0.2) is 12.1 Å². The first kappa shape index (κ1) is 15.2. The number of ether oxygens (including phenoxy) is 1. The van der Waals surface area contributed by atoms with Crippen LogP contribution in [0.25, 0.3) is 0 Å². The molecule has 110 valence electrons. The minimum Gasteiger partial charge on any atom is -0.378 e. The molecule has 0 bridgehead atoms. The van der Waals surface area contributed by atoms with Crippen LogP contribution in [0.3, 0.4) is 0 Å². The molecule has 1 N–H and O–H groups in total. The third-order valence-electron chi connectivity index (χ3n) is 3.32. The number of benzene rings is 1. The van der Waals surface area contributed by atoms with Crippen LogP contribution in [0.4, 0.5) is 4.39 Å². The van der Waals surface area contributed by atoms with E-state index in [-0.39, 0.29) is 22.5 Å². The van der Waals surface area contributed by atoms with Crippen molar-refractivity contribution in [3.8, 4) is 0 Å². The minimum atomic E-state index is -0.426. The highest BCUT2D eigenvalue weighted by Gasteiger charge is 2.21. The maximum Gasteiger partial charge on any atom is 0.255 e. The zero-order valence-corrected chi connectivity index (χ0v) is 12.3. The highest BCUT2D eigenvalue weighted by Crippen LogP contribution is 2.21. The molecule has 0 radical (unpaired) electrons. The van der Waals surface area contributed by atoms with Gasteiger partial charge in [0.05, 0.1) is 23.8 Å². The molecule has 1 atom stereocenters. The van der Waals surface area contributed by atoms with Crippen LogP contribution < -0.4 is 5.32 Å². The van der Waals surface area contributed by atoms with E-state index in [0.717, 1.165) is 6.54 Å². The van der Waals surface area contributed by atoms with Crippen LogP contribution in [0.5, 0.6) is 0 Å². The van der Waals surface area contributed by atoms with Gasteiger partial charge in [0.15, 0.2) is 0 Å². The first-order valence-corrected chi connectivity index (χ1v) is 6.89. The minimum absolute atomic E-state index is 0.0896. The molecule has 2 rings (SSSR count). The second-order valence-corrected chi connectivity index (χ2v) is 5.40. The normalized spacial score (nSPS) is 18.9. The first-order chi connectivity index (χ1) is 9.49. The molecule has 20 heavy (non-hydrogen) atoms. The number of aryl methyl sites for hydroxylation is 1. The van der Waals surface area contributed by atoms with Gasteiger partial charge in [0.25, 0.3) is 5.91 Å². The monoisotopic (exact) mass is 300 g/mol. The third kappa shape index (κ3) is 3.48. The topological polar surface area (TPSA) is 41.6 Å². The summed E-state index contributed by atoms with van der Waals surface area (Å²) < 4.78 is 18.9. The molecule has 4 nitrogen and oxygen atoms in total. The van der Waals surface area contributed by atoms with E-state index in [1.165, 1.54) is 17.0 Å². The van der Waals surface area contributed by atoms with Crippen LogP contribution in [0, 0.1) is 12.7 Å². The first-order valence-electron chi connectivity index (χ1n) is 6.51. The zero-order valence-electron chi connectivity index (χ0n) is 11.6. The van der Waals surface area contributed by atoms with Gasteiger partial charge < -0.3 is 15.0 Å². The number of nitrogens with zero attached hydrogens (tertiary/aromatic N) is 1. The highest BCUT2D eigenvalue weighted by molar-refractivity contribution is 6.33. The maximum absolute atomic E-state index is 13.6. The number of nitrogens with one attached hydrogen (secondary N) is 1. The van der Waals surface area contributed by atoms with Gasteiger partial charge in [0.2, 0.25) is 0 Å². The van der Waals surface area contributed by atoms with Gasteiger partial charge >= 0.3 is 0 Å². The molecule has 0 saturated carbocycles. The lowest BCUT2D eigenvalue weighted by Gasteiger charge is -2.28. The van der Waals surface area contributed by atoms with Gasteiger partial charge in [-0.3, -0.25) is 4.79 Å². The number of halogens is 2. The largest absolute Gasteiger partial charge is 0.378 e. The average molecular weight is 301 g/mol. The van der Waals surface area contributed by atoms with Crippen molar-refractivity contribution in [3.63, 3.8) is 0 Å². The van der Waals surface area contributed by atoms with E-state index in [2.05, 4.69) is 5.32 Å². The third-order valence-corrected chi connectivity index (χ3v) is 3.63. The van der Waals surface area contributed by atoms with Crippen LogP contribution in [0.1, 0.15) is 15.9 Å². The number of carbonyl (C=O) groups excluding carboxylic acids is 1. The number of rotatable bonds is 3. The van der Waals surface area contributed by atoms with Crippen LogP contribution in [-0.4, -0.2) is 50.2 Å². The zero-order chi connectivity index (χ0) is 14.7.